The Morgan fingerprint density at radius 3 is 2.19 bits per heavy atom. The third kappa shape index (κ3) is 9.13. The molecule has 0 aliphatic heterocycles. The average molecular weight is 229 g/mol. The summed E-state index contributed by atoms with van der Waals surface area (Å²) in [5.41, 5.74) is 0. The van der Waals surface area contributed by atoms with E-state index in [4.69, 9.17) is 0 Å². The second kappa shape index (κ2) is 10.1. The van der Waals surface area contributed by atoms with Crippen molar-refractivity contribution in [3.8, 4) is 0 Å². The van der Waals surface area contributed by atoms with Crippen LogP contribution in [-0.4, -0.2) is 63.2 Å². The topological polar surface area (TPSA) is 18.5 Å². The summed E-state index contributed by atoms with van der Waals surface area (Å²) in [7, 11) is 6.33. The van der Waals surface area contributed by atoms with Crippen LogP contribution in [0.15, 0.2) is 0 Å². The summed E-state index contributed by atoms with van der Waals surface area (Å²) in [5.74, 6) is 0. The van der Waals surface area contributed by atoms with Crippen molar-refractivity contribution in [2.75, 3.05) is 47.3 Å². The summed E-state index contributed by atoms with van der Waals surface area (Å²) >= 11 is 0. The third-order valence-corrected chi connectivity index (χ3v) is 3.13. The molecule has 3 nitrogen and oxygen atoms in total. The first-order valence-electron chi connectivity index (χ1n) is 6.64. The molecule has 0 saturated heterocycles. The van der Waals surface area contributed by atoms with E-state index in [9.17, 15) is 0 Å². The number of nitrogens with zero attached hydrogens (tertiary/aromatic N) is 2. The van der Waals surface area contributed by atoms with Crippen LogP contribution in [0, 0.1) is 0 Å². The summed E-state index contributed by atoms with van der Waals surface area (Å²) in [4.78, 5) is 4.82. The molecule has 0 rings (SSSR count). The van der Waals surface area contributed by atoms with Crippen molar-refractivity contribution in [3.63, 3.8) is 0 Å². The molecule has 3 heteroatoms. The fourth-order valence-corrected chi connectivity index (χ4v) is 1.80. The Balaban J connectivity index is 3.51. The van der Waals surface area contributed by atoms with Gasteiger partial charge in [0, 0.05) is 6.04 Å². The molecule has 1 atom stereocenters. The van der Waals surface area contributed by atoms with Gasteiger partial charge in [0.25, 0.3) is 0 Å². The molecule has 0 bridgehead atoms. The predicted molar refractivity (Wildman–Crippen MR) is 73.0 cm³/mol. The van der Waals surface area contributed by atoms with Gasteiger partial charge in [-0.25, -0.2) is 0 Å². The van der Waals surface area contributed by atoms with E-state index in [1.54, 1.807) is 0 Å². The lowest BCUT2D eigenvalue weighted by Gasteiger charge is -2.22. The van der Waals surface area contributed by atoms with E-state index >= 15 is 0 Å². The normalized spacial score (nSPS) is 13.7. The maximum atomic E-state index is 3.29. The van der Waals surface area contributed by atoms with E-state index in [1.807, 2.05) is 7.05 Å². The molecule has 0 saturated carbocycles. The molecule has 1 unspecified atom stereocenters. The standard InChI is InChI=1S/C13H31N3/c1-6-16(12-8-10-15(4)5)11-7-9-13(2)14-3/h13-14H,6-12H2,1-5H3. The maximum Gasteiger partial charge on any atom is 0.00362 e. The summed E-state index contributed by atoms with van der Waals surface area (Å²) < 4.78 is 0. The number of hydrogen-bond donors (Lipinski definition) is 1. The van der Waals surface area contributed by atoms with Crippen LogP contribution in [0.2, 0.25) is 0 Å². The van der Waals surface area contributed by atoms with Gasteiger partial charge in [-0.15, -0.1) is 0 Å². The molecule has 0 aliphatic carbocycles. The summed E-state index contributed by atoms with van der Waals surface area (Å²) in [5, 5.41) is 3.29. The van der Waals surface area contributed by atoms with Crippen LogP contribution in [-0.2, 0) is 0 Å². The highest BCUT2D eigenvalue weighted by molar-refractivity contribution is 4.61. The van der Waals surface area contributed by atoms with E-state index in [-0.39, 0.29) is 0 Å². The van der Waals surface area contributed by atoms with E-state index in [0.717, 1.165) is 0 Å². The monoisotopic (exact) mass is 229 g/mol. The van der Waals surface area contributed by atoms with Crippen molar-refractivity contribution in [1.29, 1.82) is 0 Å². The van der Waals surface area contributed by atoms with Crippen molar-refractivity contribution < 1.29 is 0 Å². The van der Waals surface area contributed by atoms with Gasteiger partial charge in [-0.2, -0.15) is 0 Å². The molecule has 0 aromatic carbocycles. The fourth-order valence-electron chi connectivity index (χ4n) is 1.80. The van der Waals surface area contributed by atoms with Crippen molar-refractivity contribution in [2.24, 2.45) is 0 Å². The number of rotatable bonds is 10. The first kappa shape index (κ1) is 15.9. The molecule has 0 amide bonds. The molecule has 0 spiro atoms. The van der Waals surface area contributed by atoms with Gasteiger partial charge in [-0.1, -0.05) is 6.92 Å². The highest BCUT2D eigenvalue weighted by atomic mass is 15.1. The second-order valence-corrected chi connectivity index (χ2v) is 4.92. The SMILES string of the molecule is CCN(CCCC(C)NC)CCCN(C)C. The van der Waals surface area contributed by atoms with Gasteiger partial charge < -0.3 is 15.1 Å². The minimum atomic E-state index is 0.653. The Kier molecular flexibility index (Phi) is 9.99. The Hall–Kier alpha value is -0.120. The largest absolute Gasteiger partial charge is 0.317 e. The molecule has 0 aromatic heterocycles. The molecule has 1 N–H and O–H groups in total. The highest BCUT2D eigenvalue weighted by Gasteiger charge is 2.04. The van der Waals surface area contributed by atoms with Crippen molar-refractivity contribution >= 4 is 0 Å². The lowest BCUT2D eigenvalue weighted by molar-refractivity contribution is 0.258. The van der Waals surface area contributed by atoms with Crippen molar-refractivity contribution in [1.82, 2.24) is 15.1 Å². The number of nitrogens with one attached hydrogen (secondary N) is 1. The van der Waals surface area contributed by atoms with Gasteiger partial charge in [0.2, 0.25) is 0 Å². The Labute approximate surface area is 102 Å². The van der Waals surface area contributed by atoms with Crippen LogP contribution < -0.4 is 5.32 Å². The van der Waals surface area contributed by atoms with Gasteiger partial charge in [-0.05, 0) is 73.5 Å². The average Bonchev–Trinajstić information content (AvgIpc) is 2.26. The summed E-state index contributed by atoms with van der Waals surface area (Å²) in [6.45, 7) is 9.38. The smallest absolute Gasteiger partial charge is 0.00362 e. The van der Waals surface area contributed by atoms with Crippen molar-refractivity contribution in [3.05, 3.63) is 0 Å². The van der Waals surface area contributed by atoms with Crippen LogP contribution in [0.3, 0.4) is 0 Å². The Morgan fingerprint density at radius 2 is 1.69 bits per heavy atom. The minimum Gasteiger partial charge on any atom is -0.317 e. The van der Waals surface area contributed by atoms with Crippen LogP contribution in [0.1, 0.15) is 33.1 Å². The van der Waals surface area contributed by atoms with Gasteiger partial charge in [0.05, 0.1) is 0 Å². The molecule has 0 radical (unpaired) electrons. The molecular formula is C13H31N3. The maximum absolute atomic E-state index is 3.29. The zero-order valence-corrected chi connectivity index (χ0v) is 11.9. The van der Waals surface area contributed by atoms with E-state index < -0.39 is 0 Å². The fraction of sp³-hybridized carbons (Fsp3) is 1.00. The Bertz CT molecular complexity index is 148. The molecule has 0 aromatic rings. The molecule has 16 heavy (non-hydrogen) atoms. The quantitative estimate of drug-likeness (QED) is 0.614. The van der Waals surface area contributed by atoms with Gasteiger partial charge in [0.1, 0.15) is 0 Å². The molecular weight excluding hydrogens is 198 g/mol. The van der Waals surface area contributed by atoms with E-state index in [1.165, 1.54) is 45.4 Å². The van der Waals surface area contributed by atoms with Crippen LogP contribution in [0.5, 0.6) is 0 Å². The lowest BCUT2D eigenvalue weighted by Crippen LogP contribution is -2.29. The van der Waals surface area contributed by atoms with Crippen molar-refractivity contribution in [2.45, 2.75) is 39.2 Å². The van der Waals surface area contributed by atoms with E-state index in [0.29, 0.717) is 6.04 Å². The Morgan fingerprint density at radius 1 is 1.06 bits per heavy atom. The molecule has 0 heterocycles. The third-order valence-electron chi connectivity index (χ3n) is 3.13. The zero-order valence-electron chi connectivity index (χ0n) is 11.9. The highest BCUT2D eigenvalue weighted by Crippen LogP contribution is 2.00. The molecule has 0 aliphatic rings. The first-order chi connectivity index (χ1) is 7.60. The predicted octanol–water partition coefficient (Wildman–Crippen LogP) is 1.65. The molecule has 98 valence electrons. The summed E-state index contributed by atoms with van der Waals surface area (Å²) in [6.07, 6.45) is 3.86. The van der Waals surface area contributed by atoms with Gasteiger partial charge in [0.15, 0.2) is 0 Å². The van der Waals surface area contributed by atoms with Gasteiger partial charge in [-0.3, -0.25) is 0 Å². The summed E-state index contributed by atoms with van der Waals surface area (Å²) in [6, 6.07) is 0.653. The molecule has 0 fully saturated rings. The first-order valence-corrected chi connectivity index (χ1v) is 6.64. The zero-order chi connectivity index (χ0) is 12.4. The number of hydrogen-bond acceptors (Lipinski definition) is 3. The second-order valence-electron chi connectivity index (χ2n) is 4.92. The van der Waals surface area contributed by atoms with Gasteiger partial charge >= 0.3 is 0 Å². The van der Waals surface area contributed by atoms with Crippen LogP contribution in [0.4, 0.5) is 0 Å². The van der Waals surface area contributed by atoms with Crippen LogP contribution in [0.25, 0.3) is 0 Å². The lowest BCUT2D eigenvalue weighted by atomic mass is 10.2. The minimum absolute atomic E-state index is 0.653. The van der Waals surface area contributed by atoms with Crippen LogP contribution >= 0.6 is 0 Å². The van der Waals surface area contributed by atoms with E-state index in [2.05, 4.69) is 43.1 Å².